The molecule has 0 unspecified atom stereocenters. The molecule has 1 N–H and O–H groups in total. The van der Waals surface area contributed by atoms with E-state index in [9.17, 15) is 18.9 Å². The number of nitro groups is 1. The van der Waals surface area contributed by atoms with Crippen molar-refractivity contribution in [2.75, 3.05) is 0 Å². The number of nitriles is 1. The molecule has 0 spiro atoms. The Balaban J connectivity index is 2.80. The molecule has 1 aromatic heterocycles. The first-order valence-corrected chi connectivity index (χ1v) is 6.57. The number of nitrogens with zero attached hydrogens (tertiary/aromatic N) is 2. The summed E-state index contributed by atoms with van der Waals surface area (Å²) in [6.07, 6.45) is -3.10. The molecule has 5 nitrogen and oxygen atoms in total. The first kappa shape index (κ1) is 15.4. The number of aromatic nitrogens is 1. The van der Waals surface area contributed by atoms with E-state index in [1.54, 1.807) is 6.07 Å². The van der Waals surface area contributed by atoms with Gasteiger partial charge < -0.3 is 4.98 Å². The highest BCUT2D eigenvalue weighted by Gasteiger charge is 2.32. The summed E-state index contributed by atoms with van der Waals surface area (Å²) in [6.45, 7) is 0. The molecule has 0 atom stereocenters. The SMILES string of the molecule is N#Cc1[nH]c(C(F)F)c([N+](=O)[O-])c1-c1ccc(Br)c(Cl)c1. The maximum atomic E-state index is 12.9. The molecule has 2 rings (SSSR count). The minimum Gasteiger partial charge on any atom is -0.339 e. The number of nitrogens with one attached hydrogen (secondary N) is 1. The standard InChI is InChI=1S/C12H5BrClF2N3O2/c13-6-2-1-5(3-7(6)14)9-8(4-17)18-10(12(15)16)11(9)19(20)21/h1-3,12,18H. The van der Waals surface area contributed by atoms with Gasteiger partial charge in [0, 0.05) is 4.47 Å². The minimum absolute atomic E-state index is 0.202. The van der Waals surface area contributed by atoms with Crippen molar-refractivity contribution in [1.29, 1.82) is 5.26 Å². The second kappa shape index (κ2) is 5.79. The van der Waals surface area contributed by atoms with Crippen LogP contribution in [0.3, 0.4) is 0 Å². The topological polar surface area (TPSA) is 82.7 Å². The molecular weight excluding hydrogens is 372 g/mol. The van der Waals surface area contributed by atoms with Crippen LogP contribution in [-0.2, 0) is 0 Å². The van der Waals surface area contributed by atoms with Crippen molar-refractivity contribution >= 4 is 33.2 Å². The Morgan fingerprint density at radius 2 is 2.14 bits per heavy atom. The zero-order valence-corrected chi connectivity index (χ0v) is 12.4. The van der Waals surface area contributed by atoms with Crippen LogP contribution in [-0.4, -0.2) is 9.91 Å². The Morgan fingerprint density at radius 1 is 1.48 bits per heavy atom. The predicted octanol–water partition coefficient (Wildman–Crippen LogP) is 4.82. The monoisotopic (exact) mass is 375 g/mol. The van der Waals surface area contributed by atoms with E-state index in [1.165, 1.54) is 18.2 Å². The van der Waals surface area contributed by atoms with Crippen molar-refractivity contribution in [2.45, 2.75) is 6.43 Å². The fourth-order valence-corrected chi connectivity index (χ4v) is 2.30. The van der Waals surface area contributed by atoms with E-state index in [0.717, 1.165) is 0 Å². The van der Waals surface area contributed by atoms with Gasteiger partial charge in [-0.3, -0.25) is 10.1 Å². The van der Waals surface area contributed by atoms with Gasteiger partial charge in [0.1, 0.15) is 11.8 Å². The maximum absolute atomic E-state index is 12.9. The van der Waals surface area contributed by atoms with Crippen LogP contribution in [0.5, 0.6) is 0 Å². The molecule has 0 aliphatic carbocycles. The molecule has 0 radical (unpaired) electrons. The Morgan fingerprint density at radius 3 is 2.62 bits per heavy atom. The van der Waals surface area contributed by atoms with E-state index in [4.69, 9.17) is 16.9 Å². The molecule has 0 saturated carbocycles. The third-order valence-corrected chi connectivity index (χ3v) is 3.95. The quantitative estimate of drug-likeness (QED) is 0.616. The zero-order chi connectivity index (χ0) is 15.7. The van der Waals surface area contributed by atoms with Crippen molar-refractivity contribution in [3.05, 3.63) is 49.2 Å². The van der Waals surface area contributed by atoms with Crippen LogP contribution in [0.4, 0.5) is 14.5 Å². The van der Waals surface area contributed by atoms with E-state index in [0.29, 0.717) is 4.47 Å². The molecule has 0 aliphatic rings. The molecule has 108 valence electrons. The number of aromatic amines is 1. The lowest BCUT2D eigenvalue weighted by atomic mass is 10.0. The number of H-pyrrole nitrogens is 1. The van der Waals surface area contributed by atoms with Crippen LogP contribution < -0.4 is 0 Å². The molecule has 0 fully saturated rings. The lowest BCUT2D eigenvalue weighted by Gasteiger charge is -2.02. The van der Waals surface area contributed by atoms with Gasteiger partial charge >= 0.3 is 5.69 Å². The summed E-state index contributed by atoms with van der Waals surface area (Å²) >= 11 is 9.06. The van der Waals surface area contributed by atoms with Gasteiger partial charge in [-0.15, -0.1) is 0 Å². The average molecular weight is 377 g/mol. The van der Waals surface area contributed by atoms with E-state index < -0.39 is 22.7 Å². The van der Waals surface area contributed by atoms with E-state index in [1.807, 2.05) is 0 Å². The van der Waals surface area contributed by atoms with Crippen molar-refractivity contribution < 1.29 is 13.7 Å². The Labute approximate surface area is 130 Å². The molecule has 0 aliphatic heterocycles. The Bertz CT molecular complexity index is 771. The summed E-state index contributed by atoms with van der Waals surface area (Å²) in [5.74, 6) is 0. The highest BCUT2D eigenvalue weighted by molar-refractivity contribution is 9.10. The van der Waals surface area contributed by atoms with Crippen molar-refractivity contribution in [2.24, 2.45) is 0 Å². The fourth-order valence-electron chi connectivity index (χ4n) is 1.87. The minimum atomic E-state index is -3.10. The van der Waals surface area contributed by atoms with E-state index >= 15 is 0 Å². The van der Waals surface area contributed by atoms with Crippen LogP contribution in [0.1, 0.15) is 17.8 Å². The maximum Gasteiger partial charge on any atom is 0.305 e. The third-order valence-electron chi connectivity index (χ3n) is 2.72. The lowest BCUT2D eigenvalue weighted by Crippen LogP contribution is -1.95. The molecule has 1 aromatic carbocycles. The first-order chi connectivity index (χ1) is 9.86. The van der Waals surface area contributed by atoms with Crippen LogP contribution >= 0.6 is 27.5 Å². The second-order valence-electron chi connectivity index (χ2n) is 3.94. The predicted molar refractivity (Wildman–Crippen MR) is 75.3 cm³/mol. The van der Waals surface area contributed by atoms with Gasteiger partial charge in [0.25, 0.3) is 6.43 Å². The van der Waals surface area contributed by atoms with Gasteiger partial charge in [-0.05, 0) is 33.6 Å². The van der Waals surface area contributed by atoms with Gasteiger partial charge in [0.15, 0.2) is 5.69 Å². The summed E-state index contributed by atoms with van der Waals surface area (Å²) in [6, 6.07) is 5.97. The number of halogens is 4. The van der Waals surface area contributed by atoms with Gasteiger partial charge in [0.2, 0.25) is 0 Å². The van der Waals surface area contributed by atoms with Gasteiger partial charge in [-0.25, -0.2) is 8.78 Å². The molecular formula is C12H5BrClF2N3O2. The number of benzene rings is 1. The van der Waals surface area contributed by atoms with Crippen LogP contribution in [0, 0.1) is 21.4 Å². The number of alkyl halides is 2. The summed E-state index contributed by atoms with van der Waals surface area (Å²) in [5.41, 5.74) is -2.03. The summed E-state index contributed by atoms with van der Waals surface area (Å²) in [5, 5.41) is 20.4. The lowest BCUT2D eigenvalue weighted by molar-refractivity contribution is -0.385. The molecule has 0 bridgehead atoms. The molecule has 21 heavy (non-hydrogen) atoms. The number of hydrogen-bond donors (Lipinski definition) is 1. The van der Waals surface area contributed by atoms with Crippen molar-refractivity contribution in [1.82, 2.24) is 4.98 Å². The summed E-state index contributed by atoms with van der Waals surface area (Å²) in [4.78, 5) is 12.3. The molecule has 0 amide bonds. The Hall–Kier alpha value is -1.98. The van der Waals surface area contributed by atoms with Crippen LogP contribution in [0.15, 0.2) is 22.7 Å². The Kier molecular flexibility index (Phi) is 4.25. The molecule has 0 saturated heterocycles. The number of hydrogen-bond acceptors (Lipinski definition) is 3. The summed E-state index contributed by atoms with van der Waals surface area (Å²) < 4.78 is 26.3. The number of rotatable bonds is 3. The average Bonchev–Trinajstić information content (AvgIpc) is 2.81. The fraction of sp³-hybridized carbons (Fsp3) is 0.0833. The molecule has 1 heterocycles. The smallest absolute Gasteiger partial charge is 0.305 e. The first-order valence-electron chi connectivity index (χ1n) is 5.40. The van der Waals surface area contributed by atoms with Gasteiger partial charge in [-0.2, -0.15) is 5.26 Å². The highest BCUT2D eigenvalue weighted by Crippen LogP contribution is 2.41. The third kappa shape index (κ3) is 2.75. The van der Waals surface area contributed by atoms with Crippen LogP contribution in [0.25, 0.3) is 11.1 Å². The van der Waals surface area contributed by atoms with Crippen molar-refractivity contribution in [3.63, 3.8) is 0 Å². The normalized spacial score (nSPS) is 10.7. The van der Waals surface area contributed by atoms with E-state index in [-0.39, 0.29) is 21.8 Å². The van der Waals surface area contributed by atoms with Crippen molar-refractivity contribution in [3.8, 4) is 17.2 Å². The van der Waals surface area contributed by atoms with Gasteiger partial charge in [0.05, 0.1) is 15.5 Å². The highest BCUT2D eigenvalue weighted by atomic mass is 79.9. The largest absolute Gasteiger partial charge is 0.339 e. The van der Waals surface area contributed by atoms with Gasteiger partial charge in [-0.1, -0.05) is 17.7 Å². The second-order valence-corrected chi connectivity index (χ2v) is 5.20. The summed E-state index contributed by atoms with van der Waals surface area (Å²) in [7, 11) is 0. The zero-order valence-electron chi connectivity index (χ0n) is 10.0. The van der Waals surface area contributed by atoms with E-state index in [2.05, 4.69) is 20.9 Å². The molecule has 2 aromatic rings. The molecule has 9 heteroatoms. The van der Waals surface area contributed by atoms with Crippen LogP contribution in [0.2, 0.25) is 5.02 Å².